The van der Waals surface area contributed by atoms with Gasteiger partial charge in [0, 0.05) is 23.5 Å². The average molecular weight is 361 g/mol. The maximum absolute atomic E-state index is 8.52. The van der Waals surface area contributed by atoms with Gasteiger partial charge in [0.05, 0.1) is 0 Å². The van der Waals surface area contributed by atoms with Crippen molar-refractivity contribution < 1.29 is 0 Å². The summed E-state index contributed by atoms with van der Waals surface area (Å²) in [4.78, 5) is 13.1. The number of aromatic nitrogens is 4. The molecule has 0 saturated heterocycles. The van der Waals surface area contributed by atoms with Gasteiger partial charge in [-0.05, 0) is 24.3 Å². The highest BCUT2D eigenvalue weighted by Gasteiger charge is 2.15. The van der Waals surface area contributed by atoms with Crippen LogP contribution in [0.1, 0.15) is 5.56 Å². The summed E-state index contributed by atoms with van der Waals surface area (Å²) in [5, 5.41) is 17.1. The fourth-order valence-corrected chi connectivity index (χ4v) is 2.92. The van der Waals surface area contributed by atoms with Crippen LogP contribution >= 0.6 is 11.6 Å². The minimum absolute atomic E-state index is 0.101. The van der Waals surface area contributed by atoms with E-state index in [2.05, 4.69) is 15.0 Å². The molecular formula is C19H13ClN6. The summed E-state index contributed by atoms with van der Waals surface area (Å²) in [7, 11) is 0. The summed E-state index contributed by atoms with van der Waals surface area (Å²) in [6.45, 7) is 0. The highest BCUT2D eigenvalue weighted by Crippen LogP contribution is 2.26. The van der Waals surface area contributed by atoms with Crippen LogP contribution in [-0.4, -0.2) is 25.4 Å². The van der Waals surface area contributed by atoms with Crippen molar-refractivity contribution in [2.24, 2.45) is 0 Å². The molecule has 0 spiro atoms. The van der Waals surface area contributed by atoms with Crippen LogP contribution in [0.25, 0.3) is 22.4 Å². The van der Waals surface area contributed by atoms with E-state index in [9.17, 15) is 0 Å². The second kappa shape index (κ2) is 6.50. The van der Waals surface area contributed by atoms with Gasteiger partial charge >= 0.3 is 0 Å². The summed E-state index contributed by atoms with van der Waals surface area (Å²) in [6, 6.07) is 16.2. The molecule has 0 bridgehead atoms. The monoisotopic (exact) mass is 360 g/mol. The van der Waals surface area contributed by atoms with E-state index < -0.39 is 0 Å². The summed E-state index contributed by atoms with van der Waals surface area (Å²) in [5.41, 5.74) is 2.95. The van der Waals surface area contributed by atoms with Crippen LogP contribution < -0.4 is 5.49 Å². The van der Waals surface area contributed by atoms with Crippen LogP contribution in [-0.2, 0) is 0 Å². The summed E-state index contributed by atoms with van der Waals surface area (Å²) in [5.74, 6) is 0.101. The van der Waals surface area contributed by atoms with Crippen molar-refractivity contribution in [2.75, 3.05) is 0 Å². The standard InChI is InChI=1S/C19H13ClN6/c20-17-16(12-5-2-1-3-6-12)25-19-14(24-17)8-9-15(21)26(19)18(22)13-7-4-10-23-11-13/h1-11,21-22H. The maximum atomic E-state index is 8.52. The molecule has 0 radical (unpaired) electrons. The highest BCUT2D eigenvalue weighted by atomic mass is 35.5. The molecule has 4 rings (SSSR count). The second-order valence-corrected chi connectivity index (χ2v) is 5.94. The first kappa shape index (κ1) is 16.1. The van der Waals surface area contributed by atoms with Crippen LogP contribution in [0.5, 0.6) is 0 Å². The SMILES string of the molecule is N=C(c1cccnc1)n1c(=N)ccc2nc(Cl)c(-c3ccccc3)nc21. The number of nitrogens with one attached hydrogen (secondary N) is 2. The predicted octanol–water partition coefficient (Wildman–Crippen LogP) is 3.50. The van der Waals surface area contributed by atoms with Gasteiger partial charge in [-0.25, -0.2) is 9.97 Å². The first-order valence-electron chi connectivity index (χ1n) is 7.84. The van der Waals surface area contributed by atoms with Gasteiger partial charge in [0.1, 0.15) is 22.5 Å². The summed E-state index contributed by atoms with van der Waals surface area (Å²) in [6.07, 6.45) is 3.22. The molecule has 2 N–H and O–H groups in total. The van der Waals surface area contributed by atoms with E-state index in [0.29, 0.717) is 22.4 Å². The molecule has 126 valence electrons. The number of nitrogens with zero attached hydrogens (tertiary/aromatic N) is 4. The molecule has 3 heterocycles. The van der Waals surface area contributed by atoms with Crippen molar-refractivity contribution >= 4 is 28.6 Å². The molecule has 0 fully saturated rings. The van der Waals surface area contributed by atoms with E-state index in [1.165, 1.54) is 4.57 Å². The smallest absolute Gasteiger partial charge is 0.166 e. The molecule has 1 aromatic carbocycles. The molecule has 0 atom stereocenters. The van der Waals surface area contributed by atoms with Crippen LogP contribution in [0.2, 0.25) is 5.15 Å². The van der Waals surface area contributed by atoms with Crippen molar-refractivity contribution in [3.05, 3.63) is 83.2 Å². The number of hydrogen-bond acceptors (Lipinski definition) is 5. The largest absolute Gasteiger partial charge is 0.284 e. The molecule has 3 aromatic heterocycles. The Morgan fingerprint density at radius 1 is 0.962 bits per heavy atom. The Labute approximate surface area is 153 Å². The van der Waals surface area contributed by atoms with E-state index in [0.717, 1.165) is 5.56 Å². The Morgan fingerprint density at radius 3 is 2.50 bits per heavy atom. The van der Waals surface area contributed by atoms with E-state index >= 15 is 0 Å². The Bertz CT molecular complexity index is 1170. The Morgan fingerprint density at radius 2 is 1.77 bits per heavy atom. The Hall–Kier alpha value is -3.38. The van der Waals surface area contributed by atoms with Crippen LogP contribution in [0.3, 0.4) is 0 Å². The zero-order chi connectivity index (χ0) is 18.1. The predicted molar refractivity (Wildman–Crippen MR) is 100 cm³/mol. The number of pyridine rings is 2. The van der Waals surface area contributed by atoms with Crippen LogP contribution in [0.15, 0.2) is 67.0 Å². The topological polar surface area (TPSA) is 91.3 Å². The first-order valence-corrected chi connectivity index (χ1v) is 8.21. The average Bonchev–Trinajstić information content (AvgIpc) is 2.68. The fourth-order valence-electron chi connectivity index (χ4n) is 2.68. The number of fused-ring (bicyclic) bond motifs is 1. The van der Waals surface area contributed by atoms with Gasteiger partial charge < -0.3 is 0 Å². The minimum atomic E-state index is 0.101. The van der Waals surface area contributed by atoms with Crippen molar-refractivity contribution in [2.45, 2.75) is 0 Å². The van der Waals surface area contributed by atoms with E-state index in [1.54, 1.807) is 36.7 Å². The molecule has 0 amide bonds. The number of benzene rings is 1. The lowest BCUT2D eigenvalue weighted by atomic mass is 10.1. The highest BCUT2D eigenvalue weighted by molar-refractivity contribution is 6.32. The fraction of sp³-hybridized carbons (Fsp3) is 0. The van der Waals surface area contributed by atoms with Crippen LogP contribution in [0.4, 0.5) is 0 Å². The van der Waals surface area contributed by atoms with Gasteiger partial charge in [0.15, 0.2) is 10.8 Å². The minimum Gasteiger partial charge on any atom is -0.284 e. The van der Waals surface area contributed by atoms with Gasteiger partial charge in [0.25, 0.3) is 0 Å². The molecule has 0 saturated carbocycles. The molecule has 0 aliphatic heterocycles. The molecule has 0 unspecified atom stereocenters. The molecule has 26 heavy (non-hydrogen) atoms. The lowest BCUT2D eigenvalue weighted by Crippen LogP contribution is -2.28. The van der Waals surface area contributed by atoms with E-state index in [4.69, 9.17) is 22.4 Å². The van der Waals surface area contributed by atoms with E-state index in [1.807, 2.05) is 30.3 Å². The lowest BCUT2D eigenvalue weighted by Gasteiger charge is -2.13. The molecule has 0 aliphatic rings. The van der Waals surface area contributed by atoms with Gasteiger partial charge in [0.2, 0.25) is 0 Å². The third kappa shape index (κ3) is 2.76. The summed E-state index contributed by atoms with van der Waals surface area (Å²) >= 11 is 6.33. The Balaban J connectivity index is 2.00. The third-order valence-electron chi connectivity index (χ3n) is 3.92. The molecule has 4 aromatic rings. The Kier molecular flexibility index (Phi) is 4.02. The molecule has 0 aliphatic carbocycles. The van der Waals surface area contributed by atoms with Crippen molar-refractivity contribution in [3.8, 4) is 11.3 Å². The zero-order valence-corrected chi connectivity index (χ0v) is 14.3. The lowest BCUT2D eigenvalue weighted by molar-refractivity contribution is 0.978. The number of rotatable bonds is 2. The van der Waals surface area contributed by atoms with Gasteiger partial charge in [-0.1, -0.05) is 41.9 Å². The molecular weight excluding hydrogens is 348 g/mol. The van der Waals surface area contributed by atoms with Crippen molar-refractivity contribution in [1.82, 2.24) is 19.5 Å². The number of hydrogen-bond donors (Lipinski definition) is 2. The van der Waals surface area contributed by atoms with Gasteiger partial charge in [-0.2, -0.15) is 0 Å². The summed E-state index contributed by atoms with van der Waals surface area (Å²) < 4.78 is 1.43. The maximum Gasteiger partial charge on any atom is 0.166 e. The molecule has 7 heteroatoms. The normalized spacial score (nSPS) is 10.8. The quantitative estimate of drug-likeness (QED) is 0.423. The second-order valence-electron chi connectivity index (χ2n) is 5.58. The van der Waals surface area contributed by atoms with Crippen molar-refractivity contribution in [1.29, 1.82) is 10.8 Å². The zero-order valence-electron chi connectivity index (χ0n) is 13.5. The van der Waals surface area contributed by atoms with Crippen molar-refractivity contribution in [3.63, 3.8) is 0 Å². The van der Waals surface area contributed by atoms with Gasteiger partial charge in [-0.3, -0.25) is 20.4 Å². The number of halogens is 1. The van der Waals surface area contributed by atoms with E-state index in [-0.39, 0.29) is 16.5 Å². The first-order chi connectivity index (χ1) is 12.6. The van der Waals surface area contributed by atoms with Crippen LogP contribution in [0, 0.1) is 10.8 Å². The van der Waals surface area contributed by atoms with Gasteiger partial charge in [-0.15, -0.1) is 0 Å². The molecule has 6 nitrogen and oxygen atoms in total. The third-order valence-corrected chi connectivity index (χ3v) is 4.18.